The van der Waals surface area contributed by atoms with Crippen molar-refractivity contribution in [1.29, 1.82) is 0 Å². The van der Waals surface area contributed by atoms with E-state index in [-0.39, 0.29) is 133 Å². The molecule has 3 fully saturated rings. The lowest BCUT2D eigenvalue weighted by atomic mass is 9.99. The van der Waals surface area contributed by atoms with E-state index in [4.69, 9.17) is 34.6 Å². The molecule has 3 aliphatic heterocycles. The highest BCUT2D eigenvalue weighted by atomic mass is 16.7. The molecule has 0 bridgehead atoms. The van der Waals surface area contributed by atoms with E-state index in [1.807, 2.05) is 0 Å². The standard InChI is InChI=1S/C29H46N4O14.C16H31N3O7/c34-17-19-26(42)27(43)28(44)29(46-19)45-15-14-31-20(36)6-2-1-5-13-30-22(38)10-9-18(35)16-32-21(37)7-3-4-8-25(41)47-33-23(39)11-12-24(33)40;17-9-14(23)18-5-3-1-2-4-13(22)19-6-7-25-16-15(24)12(21)8-11(10-20)26-16/h19,26-29,34,42-44H,1-17H2,(H,30,38)(H,31,36)(H,32,37);11-12,15-16,20-21,24H,1-10,17H2,(H,18,23)(H,19,22)/t19?,26-,27?,28?,29+;11?,12?,15?,16-/m10/s1. The number of carbonyl (C=O) groups is 9. The van der Waals surface area contributed by atoms with Gasteiger partial charge < -0.3 is 91.8 Å². The largest absolute Gasteiger partial charge is 0.394 e. The molecule has 9 atom stereocenters. The van der Waals surface area contributed by atoms with Crippen molar-refractivity contribution in [1.82, 2.24) is 31.6 Å². The molecule has 0 radical (unpaired) electrons. The Morgan fingerprint density at radius 1 is 0.548 bits per heavy atom. The molecule has 3 rings (SSSR count). The van der Waals surface area contributed by atoms with E-state index in [1.54, 1.807) is 0 Å². The van der Waals surface area contributed by atoms with Gasteiger partial charge in [-0.05, 0) is 38.5 Å². The maximum absolute atomic E-state index is 12.0. The van der Waals surface area contributed by atoms with E-state index >= 15 is 0 Å². The summed E-state index contributed by atoms with van der Waals surface area (Å²) in [5.41, 5.74) is 5.17. The quantitative estimate of drug-likeness (QED) is 0.0212. The number of aliphatic hydroxyl groups excluding tert-OH is 7. The third-order valence-electron chi connectivity index (χ3n) is 11.3. The van der Waals surface area contributed by atoms with Crippen LogP contribution in [0, 0.1) is 0 Å². The summed E-state index contributed by atoms with van der Waals surface area (Å²) in [5, 5.41) is 80.8. The predicted octanol–water partition coefficient (Wildman–Crippen LogP) is -5.19. The first-order valence-corrected chi connectivity index (χ1v) is 24.7. The van der Waals surface area contributed by atoms with Gasteiger partial charge in [0, 0.05) is 84.0 Å². The average Bonchev–Trinajstić information content (AvgIpc) is 3.69. The molecule has 3 saturated heterocycles. The number of nitrogens with two attached hydrogens (primary N) is 1. The van der Waals surface area contributed by atoms with Gasteiger partial charge in [-0.15, -0.1) is 5.06 Å². The van der Waals surface area contributed by atoms with Gasteiger partial charge in [0.15, 0.2) is 18.4 Å². The van der Waals surface area contributed by atoms with Gasteiger partial charge in [-0.25, -0.2) is 4.79 Å². The first-order valence-electron chi connectivity index (χ1n) is 24.7. The van der Waals surface area contributed by atoms with Gasteiger partial charge in [-0.3, -0.25) is 38.4 Å². The Morgan fingerprint density at radius 3 is 1.59 bits per heavy atom. The molecule has 418 valence electrons. The molecule has 14 N–H and O–H groups in total. The fourth-order valence-electron chi connectivity index (χ4n) is 7.06. The summed E-state index contributed by atoms with van der Waals surface area (Å²) in [7, 11) is 0. The SMILES string of the molecule is NCC(=O)NCCCCCC(=O)NCCO[C@H]1OC(CO)CC(O)C1O.O=C(CCC(=O)NCCCCCC(=O)NCCO[C@H]1OC(CO)[C@@H](O)C(O)C1O)CNC(=O)CCCCC(=O)ON1C(=O)CCC1=O. The lowest BCUT2D eigenvalue weighted by Crippen LogP contribution is -2.59. The number of Topliss-reactive ketones (excluding diaryl/α,β-unsaturated/α-hetero) is 1. The zero-order valence-corrected chi connectivity index (χ0v) is 41.2. The molecule has 3 heterocycles. The second-order valence-electron chi connectivity index (χ2n) is 17.3. The van der Waals surface area contributed by atoms with E-state index < -0.39 is 85.6 Å². The number of imide groups is 1. The third kappa shape index (κ3) is 26.8. The average molecular weight is 1050 g/mol. The molecular weight excluding hydrogens is 975 g/mol. The Kier molecular flexibility index (Phi) is 32.5. The van der Waals surface area contributed by atoms with Crippen molar-refractivity contribution in [2.45, 2.75) is 164 Å². The number of hydroxylamine groups is 2. The maximum atomic E-state index is 12.0. The van der Waals surface area contributed by atoms with Crippen molar-refractivity contribution in [3.8, 4) is 0 Å². The highest BCUT2D eigenvalue weighted by molar-refractivity contribution is 6.01. The molecule has 28 heteroatoms. The van der Waals surface area contributed by atoms with Gasteiger partial charge in [0.25, 0.3) is 11.8 Å². The first kappa shape index (κ1) is 64.3. The number of nitrogens with zero attached hydrogens (tertiary/aromatic N) is 1. The van der Waals surface area contributed by atoms with Crippen molar-refractivity contribution in [2.75, 3.05) is 65.7 Å². The Labute approximate surface area is 422 Å². The van der Waals surface area contributed by atoms with E-state index in [1.165, 1.54) is 0 Å². The Morgan fingerprint density at radius 2 is 1.04 bits per heavy atom. The second-order valence-corrected chi connectivity index (χ2v) is 17.3. The van der Waals surface area contributed by atoms with Crippen LogP contribution in [0.2, 0.25) is 0 Å². The van der Waals surface area contributed by atoms with Crippen molar-refractivity contribution >= 4 is 53.1 Å². The van der Waals surface area contributed by atoms with Gasteiger partial charge in [-0.1, -0.05) is 12.8 Å². The molecule has 28 nitrogen and oxygen atoms in total. The number of carbonyl (C=O) groups excluding carboxylic acids is 9. The van der Waals surface area contributed by atoms with Crippen LogP contribution in [0.5, 0.6) is 0 Å². The van der Waals surface area contributed by atoms with Crippen LogP contribution in [-0.2, 0) is 66.9 Å². The predicted molar refractivity (Wildman–Crippen MR) is 249 cm³/mol. The number of nitrogens with one attached hydrogen (secondary N) is 5. The van der Waals surface area contributed by atoms with Crippen LogP contribution in [0.4, 0.5) is 0 Å². The van der Waals surface area contributed by atoms with Gasteiger partial charge in [0.2, 0.25) is 29.5 Å². The fraction of sp³-hybridized carbons (Fsp3) is 0.800. The molecule has 0 aromatic rings. The molecule has 3 aliphatic rings. The van der Waals surface area contributed by atoms with Crippen LogP contribution in [0.25, 0.3) is 0 Å². The molecular formula is C45H77N7O21. The lowest BCUT2D eigenvalue weighted by Gasteiger charge is -2.39. The minimum atomic E-state index is -1.55. The van der Waals surface area contributed by atoms with E-state index in [2.05, 4.69) is 26.6 Å². The van der Waals surface area contributed by atoms with Gasteiger partial charge in [0.05, 0.1) is 51.7 Å². The summed E-state index contributed by atoms with van der Waals surface area (Å²) in [4.78, 5) is 110. The molecule has 0 aliphatic carbocycles. The number of hydrogen-bond acceptors (Lipinski definition) is 22. The molecule has 73 heavy (non-hydrogen) atoms. The molecule has 7 amide bonds. The highest BCUT2D eigenvalue weighted by Gasteiger charge is 2.44. The second kappa shape index (κ2) is 37.0. The van der Waals surface area contributed by atoms with Crippen molar-refractivity contribution in [3.63, 3.8) is 0 Å². The number of hydrogen-bond donors (Lipinski definition) is 13. The van der Waals surface area contributed by atoms with E-state index in [0.717, 1.165) is 12.8 Å². The number of unbranched alkanes of at least 4 members (excludes halogenated alkanes) is 5. The fourth-order valence-corrected chi connectivity index (χ4v) is 7.06. The molecule has 0 saturated carbocycles. The van der Waals surface area contributed by atoms with Crippen molar-refractivity contribution in [2.24, 2.45) is 5.73 Å². The van der Waals surface area contributed by atoms with Crippen LogP contribution in [0.15, 0.2) is 0 Å². The lowest BCUT2D eigenvalue weighted by molar-refractivity contribution is -0.300. The summed E-state index contributed by atoms with van der Waals surface area (Å²) < 4.78 is 21.2. The zero-order chi connectivity index (χ0) is 54.1. The maximum Gasteiger partial charge on any atom is 0.333 e. The zero-order valence-electron chi connectivity index (χ0n) is 41.2. The first-order chi connectivity index (χ1) is 34.9. The Balaban J connectivity index is 0.000000592. The van der Waals surface area contributed by atoms with Crippen LogP contribution in [0.3, 0.4) is 0 Å². The van der Waals surface area contributed by atoms with Gasteiger partial charge in [0.1, 0.15) is 30.5 Å². The van der Waals surface area contributed by atoms with E-state index in [0.29, 0.717) is 56.7 Å². The summed E-state index contributed by atoms with van der Waals surface area (Å²) in [6.45, 7) is 0.271. The number of ether oxygens (including phenoxy) is 4. The summed E-state index contributed by atoms with van der Waals surface area (Å²) >= 11 is 0. The Hall–Kier alpha value is -4.85. The highest BCUT2D eigenvalue weighted by Crippen LogP contribution is 2.23. The summed E-state index contributed by atoms with van der Waals surface area (Å²) in [5.74, 6) is -3.44. The van der Waals surface area contributed by atoms with Crippen molar-refractivity contribution in [3.05, 3.63) is 0 Å². The third-order valence-corrected chi connectivity index (χ3v) is 11.3. The van der Waals surface area contributed by atoms with Gasteiger partial charge in [-0.2, -0.15) is 0 Å². The van der Waals surface area contributed by atoms with Crippen molar-refractivity contribution < 1.29 is 103 Å². The van der Waals surface area contributed by atoms with Crippen LogP contribution in [-0.4, -0.2) is 215 Å². The van der Waals surface area contributed by atoms with E-state index in [9.17, 15) is 73.8 Å². The summed E-state index contributed by atoms with van der Waals surface area (Å²) in [6.07, 6.45) is -5.27. The summed E-state index contributed by atoms with van der Waals surface area (Å²) in [6, 6.07) is 0. The molecule has 0 spiro atoms. The molecule has 0 aromatic heterocycles. The van der Waals surface area contributed by atoms with Crippen LogP contribution < -0.4 is 32.3 Å². The Bertz CT molecular complexity index is 1710. The smallest absolute Gasteiger partial charge is 0.333 e. The molecule has 6 unspecified atom stereocenters. The minimum absolute atomic E-state index is 0.00314. The number of amides is 7. The van der Waals surface area contributed by atoms with Crippen LogP contribution >= 0.6 is 0 Å². The number of aliphatic hydroxyl groups is 7. The molecule has 0 aromatic carbocycles. The minimum Gasteiger partial charge on any atom is -0.394 e. The normalized spacial score (nSPS) is 23.7. The van der Waals surface area contributed by atoms with Crippen LogP contribution in [0.1, 0.15) is 109 Å². The monoisotopic (exact) mass is 1050 g/mol. The number of rotatable bonds is 34. The topological polar surface area (TPSA) is 431 Å². The number of ketones is 1. The van der Waals surface area contributed by atoms with Gasteiger partial charge >= 0.3 is 5.97 Å².